The van der Waals surface area contributed by atoms with Crippen LogP contribution in [0.15, 0.2) is 10.8 Å². The summed E-state index contributed by atoms with van der Waals surface area (Å²) in [5.41, 5.74) is 0. The Hall–Kier alpha value is -0.640. The summed E-state index contributed by atoms with van der Waals surface area (Å²) >= 11 is 3.33. The number of nitrogens with zero attached hydrogens (tertiary/aromatic N) is 1. The molecule has 1 heterocycles. The van der Waals surface area contributed by atoms with Crippen molar-refractivity contribution in [1.29, 1.82) is 0 Å². The largest absolute Gasteiger partial charge is 0.337 e. The summed E-state index contributed by atoms with van der Waals surface area (Å²) in [6, 6.07) is 0. The standard InChI is InChI=1S/C12H19BrN2O/c1-2-10(16)7-5-3-4-6-8-12-14-9-11(13)15-12/h9H,2-8H2,1H3,(H,14,15). The van der Waals surface area contributed by atoms with E-state index in [1.54, 1.807) is 6.20 Å². The maximum atomic E-state index is 11.0. The predicted octanol–water partition coefficient (Wildman–Crippen LogP) is 3.64. The van der Waals surface area contributed by atoms with E-state index in [-0.39, 0.29) is 0 Å². The molecule has 90 valence electrons. The van der Waals surface area contributed by atoms with Crippen molar-refractivity contribution in [3.05, 3.63) is 16.6 Å². The Bertz CT molecular complexity index is 323. The molecule has 1 aromatic rings. The number of Topliss-reactive ketones (excluding diaryl/α,β-unsaturated/α-hetero) is 1. The molecule has 0 aliphatic heterocycles. The smallest absolute Gasteiger partial charge is 0.132 e. The van der Waals surface area contributed by atoms with Crippen molar-refractivity contribution in [2.75, 3.05) is 0 Å². The van der Waals surface area contributed by atoms with Gasteiger partial charge in [-0.05, 0) is 28.8 Å². The lowest BCUT2D eigenvalue weighted by Crippen LogP contribution is -1.94. The second-order valence-electron chi connectivity index (χ2n) is 3.98. The van der Waals surface area contributed by atoms with Gasteiger partial charge in [0.25, 0.3) is 0 Å². The number of carbonyl (C=O) groups excluding carboxylic acids is 1. The van der Waals surface area contributed by atoms with Crippen LogP contribution >= 0.6 is 15.9 Å². The number of aromatic nitrogens is 2. The highest BCUT2D eigenvalue weighted by atomic mass is 79.9. The molecular formula is C12H19BrN2O. The minimum atomic E-state index is 0.384. The average molecular weight is 287 g/mol. The van der Waals surface area contributed by atoms with Crippen molar-refractivity contribution in [1.82, 2.24) is 9.97 Å². The van der Waals surface area contributed by atoms with Gasteiger partial charge in [-0.3, -0.25) is 4.79 Å². The second-order valence-corrected chi connectivity index (χ2v) is 4.84. The number of rotatable bonds is 8. The zero-order chi connectivity index (χ0) is 11.8. The van der Waals surface area contributed by atoms with Crippen LogP contribution in [-0.2, 0) is 11.2 Å². The van der Waals surface area contributed by atoms with Gasteiger partial charge in [-0.25, -0.2) is 4.98 Å². The molecule has 1 rings (SSSR count). The number of unbranched alkanes of at least 4 members (excludes halogenated alkanes) is 3. The molecule has 0 unspecified atom stereocenters. The molecule has 0 radical (unpaired) electrons. The normalized spacial score (nSPS) is 10.6. The summed E-state index contributed by atoms with van der Waals surface area (Å²) in [6.07, 6.45) is 8.71. The third-order valence-corrected chi connectivity index (χ3v) is 3.01. The Kier molecular flexibility index (Phi) is 6.38. The number of imidazole rings is 1. The zero-order valence-corrected chi connectivity index (χ0v) is 11.3. The first kappa shape index (κ1) is 13.4. The molecule has 0 aromatic carbocycles. The molecule has 3 nitrogen and oxygen atoms in total. The number of carbonyl (C=O) groups is 1. The predicted molar refractivity (Wildman–Crippen MR) is 68.4 cm³/mol. The van der Waals surface area contributed by atoms with E-state index in [4.69, 9.17) is 0 Å². The molecular weight excluding hydrogens is 268 g/mol. The van der Waals surface area contributed by atoms with Gasteiger partial charge in [0.1, 0.15) is 16.2 Å². The van der Waals surface area contributed by atoms with E-state index in [1.807, 2.05) is 6.92 Å². The van der Waals surface area contributed by atoms with Crippen LogP contribution in [0.5, 0.6) is 0 Å². The van der Waals surface area contributed by atoms with E-state index in [9.17, 15) is 4.79 Å². The maximum absolute atomic E-state index is 11.0. The Morgan fingerprint density at radius 1 is 1.38 bits per heavy atom. The number of ketones is 1. The summed E-state index contributed by atoms with van der Waals surface area (Å²) in [7, 11) is 0. The van der Waals surface area contributed by atoms with Gasteiger partial charge in [0.05, 0.1) is 6.20 Å². The van der Waals surface area contributed by atoms with Crippen LogP contribution in [0.3, 0.4) is 0 Å². The number of hydrogen-bond donors (Lipinski definition) is 1. The molecule has 0 saturated heterocycles. The first-order valence-corrected chi connectivity index (χ1v) is 6.72. The third-order valence-electron chi connectivity index (χ3n) is 2.61. The van der Waals surface area contributed by atoms with E-state index >= 15 is 0 Å². The molecule has 1 N–H and O–H groups in total. The van der Waals surface area contributed by atoms with Gasteiger partial charge in [-0.15, -0.1) is 0 Å². The number of aryl methyl sites for hydroxylation is 1. The van der Waals surface area contributed by atoms with Crippen LogP contribution in [0, 0.1) is 0 Å². The Labute approximate surface area is 105 Å². The second kappa shape index (κ2) is 7.60. The molecule has 0 aliphatic rings. The van der Waals surface area contributed by atoms with Crippen molar-refractivity contribution in [2.24, 2.45) is 0 Å². The summed E-state index contributed by atoms with van der Waals surface area (Å²) in [5, 5.41) is 0. The van der Waals surface area contributed by atoms with E-state index < -0.39 is 0 Å². The quantitative estimate of drug-likeness (QED) is 0.742. The monoisotopic (exact) mass is 286 g/mol. The van der Waals surface area contributed by atoms with Gasteiger partial charge in [-0.1, -0.05) is 19.8 Å². The van der Waals surface area contributed by atoms with Gasteiger partial charge >= 0.3 is 0 Å². The van der Waals surface area contributed by atoms with Gasteiger partial charge in [-0.2, -0.15) is 0 Å². The number of aromatic amines is 1. The molecule has 1 aromatic heterocycles. The molecule has 0 amide bonds. The fraction of sp³-hybridized carbons (Fsp3) is 0.667. The first-order chi connectivity index (χ1) is 7.72. The third kappa shape index (κ3) is 5.45. The fourth-order valence-electron chi connectivity index (χ4n) is 1.61. The van der Waals surface area contributed by atoms with E-state index in [0.717, 1.165) is 42.5 Å². The fourth-order valence-corrected chi connectivity index (χ4v) is 1.94. The minimum absolute atomic E-state index is 0.384. The lowest BCUT2D eigenvalue weighted by atomic mass is 10.1. The van der Waals surface area contributed by atoms with E-state index in [1.165, 1.54) is 6.42 Å². The van der Waals surface area contributed by atoms with Crippen LogP contribution in [0.25, 0.3) is 0 Å². The van der Waals surface area contributed by atoms with Crippen LogP contribution in [0.2, 0.25) is 0 Å². The molecule has 0 aliphatic carbocycles. The Morgan fingerprint density at radius 2 is 2.12 bits per heavy atom. The topological polar surface area (TPSA) is 45.8 Å². The zero-order valence-electron chi connectivity index (χ0n) is 9.76. The SMILES string of the molecule is CCC(=O)CCCCCCc1ncc(Br)[nH]1. The van der Waals surface area contributed by atoms with Gasteiger partial charge in [0.2, 0.25) is 0 Å². The molecule has 0 fully saturated rings. The molecule has 0 atom stereocenters. The average Bonchev–Trinajstić information content (AvgIpc) is 2.69. The van der Waals surface area contributed by atoms with Gasteiger partial charge < -0.3 is 4.98 Å². The Morgan fingerprint density at radius 3 is 2.75 bits per heavy atom. The van der Waals surface area contributed by atoms with Crippen LogP contribution in [0.4, 0.5) is 0 Å². The lowest BCUT2D eigenvalue weighted by molar-refractivity contribution is -0.118. The van der Waals surface area contributed by atoms with Gasteiger partial charge in [0, 0.05) is 19.3 Å². The summed E-state index contributed by atoms with van der Waals surface area (Å²) < 4.78 is 0.941. The number of hydrogen-bond acceptors (Lipinski definition) is 2. The number of halogens is 1. The number of nitrogens with one attached hydrogen (secondary N) is 1. The molecule has 0 spiro atoms. The van der Waals surface area contributed by atoms with Gasteiger partial charge in [0.15, 0.2) is 0 Å². The summed E-state index contributed by atoms with van der Waals surface area (Å²) in [5.74, 6) is 1.42. The van der Waals surface area contributed by atoms with Crippen LogP contribution < -0.4 is 0 Å². The molecule has 0 bridgehead atoms. The minimum Gasteiger partial charge on any atom is -0.337 e. The van der Waals surface area contributed by atoms with Crippen LogP contribution in [-0.4, -0.2) is 15.8 Å². The molecule has 16 heavy (non-hydrogen) atoms. The first-order valence-electron chi connectivity index (χ1n) is 5.93. The molecule has 4 heteroatoms. The van der Waals surface area contributed by atoms with Crippen molar-refractivity contribution < 1.29 is 4.79 Å². The van der Waals surface area contributed by atoms with Crippen molar-refractivity contribution >= 4 is 21.7 Å². The highest BCUT2D eigenvalue weighted by molar-refractivity contribution is 9.10. The highest BCUT2D eigenvalue weighted by Gasteiger charge is 2.00. The van der Waals surface area contributed by atoms with Crippen molar-refractivity contribution in [3.8, 4) is 0 Å². The van der Waals surface area contributed by atoms with E-state index in [0.29, 0.717) is 12.2 Å². The molecule has 0 saturated carbocycles. The lowest BCUT2D eigenvalue weighted by Gasteiger charge is -1.99. The van der Waals surface area contributed by atoms with Crippen molar-refractivity contribution in [3.63, 3.8) is 0 Å². The summed E-state index contributed by atoms with van der Waals surface area (Å²) in [4.78, 5) is 18.4. The summed E-state index contributed by atoms with van der Waals surface area (Å²) in [6.45, 7) is 1.93. The van der Waals surface area contributed by atoms with Crippen LogP contribution in [0.1, 0.15) is 51.3 Å². The Balaban J connectivity index is 1.98. The van der Waals surface area contributed by atoms with E-state index in [2.05, 4.69) is 25.9 Å². The van der Waals surface area contributed by atoms with Crippen molar-refractivity contribution in [2.45, 2.75) is 51.9 Å². The highest BCUT2D eigenvalue weighted by Crippen LogP contribution is 2.10. The number of H-pyrrole nitrogens is 1. The maximum Gasteiger partial charge on any atom is 0.132 e.